The molecule has 2 aromatic carbocycles. The maximum atomic E-state index is 12.6. The molecule has 2 N–H and O–H groups in total. The molecule has 2 fully saturated rings. The largest absolute Gasteiger partial charge is 0.497 e. The average molecular weight is 577 g/mol. The molecule has 2 saturated carbocycles. The third-order valence-electron chi connectivity index (χ3n) is 11.0. The first-order valence-electron chi connectivity index (χ1n) is 15.6. The first kappa shape index (κ1) is 30.7. The van der Waals surface area contributed by atoms with Gasteiger partial charge in [0, 0.05) is 48.6 Å². The Labute approximate surface area is 250 Å². The summed E-state index contributed by atoms with van der Waals surface area (Å²) in [6.45, 7) is 8.74. The highest BCUT2D eigenvalue weighted by molar-refractivity contribution is 5.99. The molecule has 4 aliphatic rings. The van der Waals surface area contributed by atoms with Crippen LogP contribution in [0.4, 0.5) is 0 Å². The van der Waals surface area contributed by atoms with Crippen LogP contribution in [0.5, 0.6) is 11.5 Å². The molecule has 0 radical (unpaired) electrons. The number of carbonyl (C=O) groups excluding carboxylic acids is 2. The molecule has 0 bridgehead atoms. The highest BCUT2D eigenvalue weighted by Gasteiger charge is 2.52. The van der Waals surface area contributed by atoms with E-state index in [1.807, 2.05) is 36.4 Å². The summed E-state index contributed by atoms with van der Waals surface area (Å²) in [6.07, 6.45) is 7.77. The predicted molar refractivity (Wildman–Crippen MR) is 163 cm³/mol. The van der Waals surface area contributed by atoms with Crippen LogP contribution in [0.2, 0.25) is 0 Å². The van der Waals surface area contributed by atoms with E-state index in [9.17, 15) is 19.8 Å². The Kier molecular flexibility index (Phi) is 8.12. The number of benzene rings is 2. The fourth-order valence-corrected chi connectivity index (χ4v) is 8.69. The van der Waals surface area contributed by atoms with Crippen LogP contribution in [0.1, 0.15) is 111 Å². The van der Waals surface area contributed by atoms with Gasteiger partial charge >= 0.3 is 0 Å². The van der Waals surface area contributed by atoms with Crippen LogP contribution >= 0.6 is 0 Å². The maximum absolute atomic E-state index is 12.6. The number of aliphatic hydroxyl groups is 2. The number of fused-ring (bicyclic) bond motifs is 4. The van der Waals surface area contributed by atoms with Gasteiger partial charge in [-0.3, -0.25) is 9.59 Å². The molecule has 0 saturated heterocycles. The molecule has 0 heterocycles. The number of Topliss-reactive ketones (excluding diaryl/α,β-unsaturated/α-hetero) is 2. The number of hydrogen-bond acceptors (Lipinski definition) is 6. The first-order chi connectivity index (χ1) is 19.7. The Hall–Kier alpha value is -2.70. The molecule has 6 heteroatoms. The van der Waals surface area contributed by atoms with Gasteiger partial charge < -0.3 is 19.7 Å². The highest BCUT2D eigenvalue weighted by Crippen LogP contribution is 2.52. The Morgan fingerprint density at radius 2 is 1.02 bits per heavy atom. The quantitative estimate of drug-likeness (QED) is 0.410. The molecule has 2 aromatic rings. The van der Waals surface area contributed by atoms with E-state index in [0.717, 1.165) is 72.3 Å². The Balaban J connectivity index is 0.000000168. The van der Waals surface area contributed by atoms with Gasteiger partial charge in [0.25, 0.3) is 0 Å². The van der Waals surface area contributed by atoms with Gasteiger partial charge in [-0.25, -0.2) is 0 Å². The van der Waals surface area contributed by atoms with E-state index in [0.29, 0.717) is 25.7 Å². The van der Waals surface area contributed by atoms with Gasteiger partial charge in [-0.2, -0.15) is 0 Å². The maximum Gasteiger partial charge on any atom is 0.163 e. The van der Waals surface area contributed by atoms with E-state index < -0.39 is 11.2 Å². The zero-order valence-corrected chi connectivity index (χ0v) is 26.2. The zero-order chi connectivity index (χ0) is 30.5. The van der Waals surface area contributed by atoms with Gasteiger partial charge in [0.05, 0.1) is 25.4 Å². The summed E-state index contributed by atoms with van der Waals surface area (Å²) in [7, 11) is 3.25. The van der Waals surface area contributed by atoms with Gasteiger partial charge in [0.1, 0.15) is 11.5 Å². The summed E-state index contributed by atoms with van der Waals surface area (Å²) in [6, 6.07) is 11.2. The molecule has 6 nitrogen and oxygen atoms in total. The lowest BCUT2D eigenvalue weighted by molar-refractivity contribution is -0.0995. The number of carbonyl (C=O) groups is 2. The first-order valence-corrected chi connectivity index (χ1v) is 15.6. The summed E-state index contributed by atoms with van der Waals surface area (Å²) in [4.78, 5) is 25.3. The van der Waals surface area contributed by atoms with E-state index in [1.165, 1.54) is 0 Å². The van der Waals surface area contributed by atoms with Gasteiger partial charge in [-0.15, -0.1) is 0 Å². The molecule has 0 amide bonds. The third kappa shape index (κ3) is 5.65. The van der Waals surface area contributed by atoms with Crippen molar-refractivity contribution in [3.8, 4) is 11.5 Å². The van der Waals surface area contributed by atoms with Crippen molar-refractivity contribution in [2.24, 2.45) is 22.7 Å². The van der Waals surface area contributed by atoms with Crippen LogP contribution in [0.3, 0.4) is 0 Å². The van der Waals surface area contributed by atoms with Crippen LogP contribution in [0.25, 0.3) is 0 Å². The van der Waals surface area contributed by atoms with E-state index in [-0.39, 0.29) is 34.2 Å². The average Bonchev–Trinajstić information content (AvgIpc) is 3.12. The monoisotopic (exact) mass is 576 g/mol. The molecule has 0 unspecified atom stereocenters. The van der Waals surface area contributed by atoms with Crippen molar-refractivity contribution in [2.75, 3.05) is 14.2 Å². The Morgan fingerprint density at radius 1 is 0.643 bits per heavy atom. The number of hydrogen-bond donors (Lipinski definition) is 2. The summed E-state index contributed by atoms with van der Waals surface area (Å²) >= 11 is 0. The van der Waals surface area contributed by atoms with Gasteiger partial charge in [-0.1, -0.05) is 40.5 Å². The number of rotatable bonds is 2. The summed E-state index contributed by atoms with van der Waals surface area (Å²) in [5.41, 5.74) is 1.86. The van der Waals surface area contributed by atoms with Crippen LogP contribution < -0.4 is 9.47 Å². The molecule has 0 aromatic heterocycles. The van der Waals surface area contributed by atoms with Crippen LogP contribution in [-0.4, -0.2) is 47.2 Å². The minimum Gasteiger partial charge on any atom is -0.497 e. The van der Waals surface area contributed by atoms with Crippen molar-refractivity contribution < 1.29 is 29.3 Å². The zero-order valence-electron chi connectivity index (χ0n) is 26.2. The minimum atomic E-state index is -0.769. The fourth-order valence-electron chi connectivity index (χ4n) is 8.69. The summed E-state index contributed by atoms with van der Waals surface area (Å²) in [5.74, 6) is 1.87. The van der Waals surface area contributed by atoms with Gasteiger partial charge in [-0.05, 0) is 84.0 Å². The van der Waals surface area contributed by atoms with Crippen molar-refractivity contribution in [2.45, 2.75) is 103 Å². The molecular weight excluding hydrogens is 528 g/mol. The highest BCUT2D eigenvalue weighted by atomic mass is 16.5. The van der Waals surface area contributed by atoms with E-state index in [1.54, 1.807) is 14.2 Å². The lowest BCUT2D eigenvalue weighted by atomic mass is 9.59. The smallest absolute Gasteiger partial charge is 0.163 e. The van der Waals surface area contributed by atoms with Crippen LogP contribution in [0, 0.1) is 22.7 Å². The van der Waals surface area contributed by atoms with E-state index >= 15 is 0 Å². The van der Waals surface area contributed by atoms with Crippen LogP contribution in [-0.2, 0) is 12.8 Å². The molecule has 228 valence electrons. The third-order valence-corrected chi connectivity index (χ3v) is 11.0. The van der Waals surface area contributed by atoms with Crippen molar-refractivity contribution in [1.29, 1.82) is 0 Å². The van der Waals surface area contributed by atoms with E-state index in [4.69, 9.17) is 9.47 Å². The standard InChI is InChI=1S/2C18H24O3/c2*1-17(2)7-4-8-18(20)11-12-9-13(21-3)5-6-14(12)15(19)10-16(17)18/h2*5-6,9,16,20H,4,7-8,10-11H2,1-3H3/t2*16-,18-/m10/s1. The normalized spacial score (nSPS) is 31.0. The number of ketones is 2. The number of methoxy groups -OCH3 is 2. The van der Waals surface area contributed by atoms with Crippen molar-refractivity contribution in [3.05, 3.63) is 58.7 Å². The van der Waals surface area contributed by atoms with Crippen LogP contribution in [0.15, 0.2) is 36.4 Å². The van der Waals surface area contributed by atoms with Crippen molar-refractivity contribution in [3.63, 3.8) is 0 Å². The second kappa shape index (κ2) is 11.1. The van der Waals surface area contributed by atoms with Crippen molar-refractivity contribution in [1.82, 2.24) is 0 Å². The molecular formula is C36H48O6. The molecule has 4 aliphatic carbocycles. The second-order valence-corrected chi connectivity index (χ2v) is 14.7. The molecule has 42 heavy (non-hydrogen) atoms. The van der Waals surface area contributed by atoms with Gasteiger partial charge in [0.2, 0.25) is 0 Å². The Morgan fingerprint density at radius 3 is 1.38 bits per heavy atom. The minimum absolute atomic E-state index is 0.00872. The fraction of sp³-hybridized carbons (Fsp3) is 0.611. The molecule has 0 spiro atoms. The number of ether oxygens (including phenoxy) is 2. The SMILES string of the molecule is COc1ccc2c(c1)C[C@@]1(O)CCCC(C)(C)[C@@H]1CC2=O.COc1ccc2c(c1)C[C@]1(O)CCCC(C)(C)[C@H]1CC2=O. The lowest BCUT2D eigenvalue weighted by Crippen LogP contribution is -2.50. The Bertz CT molecular complexity index is 1260. The molecule has 4 atom stereocenters. The van der Waals surface area contributed by atoms with E-state index in [2.05, 4.69) is 27.7 Å². The molecule has 6 rings (SSSR count). The topological polar surface area (TPSA) is 93.1 Å². The lowest BCUT2D eigenvalue weighted by Gasteiger charge is -2.48. The summed E-state index contributed by atoms with van der Waals surface area (Å²) < 4.78 is 10.5. The van der Waals surface area contributed by atoms with Gasteiger partial charge in [0.15, 0.2) is 11.6 Å². The second-order valence-electron chi connectivity index (χ2n) is 14.7. The molecule has 0 aliphatic heterocycles. The van der Waals surface area contributed by atoms with Crippen molar-refractivity contribution >= 4 is 11.6 Å². The predicted octanol–water partition coefficient (Wildman–Crippen LogP) is 6.76. The summed E-state index contributed by atoms with van der Waals surface area (Å²) in [5, 5.41) is 22.5.